The van der Waals surface area contributed by atoms with Gasteiger partial charge in [-0.15, -0.1) is 12.4 Å². The minimum absolute atomic E-state index is 0. The topological polar surface area (TPSA) is 70.2 Å². The number of carbonyl (C=O) groups excluding carboxylic acids is 2. The van der Waals surface area contributed by atoms with Gasteiger partial charge in [0, 0.05) is 30.6 Å². The minimum Gasteiger partial charge on any atom is -0.353 e. The molecule has 30 heavy (non-hydrogen) atoms. The van der Waals surface area contributed by atoms with Crippen molar-refractivity contribution in [2.45, 2.75) is 83.7 Å². The first-order chi connectivity index (χ1) is 14.2. The zero-order valence-electron chi connectivity index (χ0n) is 18.3. The van der Waals surface area contributed by atoms with Crippen molar-refractivity contribution in [3.63, 3.8) is 0 Å². The first-order valence-electron chi connectivity index (χ1n) is 11.5. The van der Waals surface area contributed by atoms with Gasteiger partial charge in [-0.1, -0.05) is 44.4 Å². The fraction of sp³-hybridized carbons (Fsp3) is 0.667. The molecule has 6 heteroatoms. The number of anilines is 1. The predicted molar refractivity (Wildman–Crippen MR) is 125 cm³/mol. The summed E-state index contributed by atoms with van der Waals surface area (Å²) in [5.41, 5.74) is 2.02. The number of amides is 2. The Morgan fingerprint density at radius 2 is 1.67 bits per heavy atom. The summed E-state index contributed by atoms with van der Waals surface area (Å²) in [5.74, 6) is 0.935. The molecule has 2 aliphatic rings. The minimum atomic E-state index is 0. The Morgan fingerprint density at radius 3 is 2.37 bits per heavy atom. The van der Waals surface area contributed by atoms with Crippen LogP contribution in [0.2, 0.25) is 0 Å². The Labute approximate surface area is 187 Å². The summed E-state index contributed by atoms with van der Waals surface area (Å²) in [6.07, 6.45) is 10.4. The molecule has 2 fully saturated rings. The van der Waals surface area contributed by atoms with Crippen LogP contribution in [0.3, 0.4) is 0 Å². The first kappa shape index (κ1) is 24.7. The highest BCUT2D eigenvalue weighted by Crippen LogP contribution is 2.28. The molecule has 0 unspecified atom stereocenters. The van der Waals surface area contributed by atoms with Crippen molar-refractivity contribution < 1.29 is 9.59 Å². The molecule has 2 amide bonds. The van der Waals surface area contributed by atoms with E-state index in [1.807, 2.05) is 18.2 Å². The van der Waals surface area contributed by atoms with E-state index < -0.39 is 0 Å². The van der Waals surface area contributed by atoms with E-state index >= 15 is 0 Å². The van der Waals surface area contributed by atoms with Gasteiger partial charge in [-0.05, 0) is 62.6 Å². The van der Waals surface area contributed by atoms with Crippen molar-refractivity contribution in [3.8, 4) is 0 Å². The monoisotopic (exact) mass is 435 g/mol. The van der Waals surface area contributed by atoms with Crippen LogP contribution in [0.1, 0.15) is 76.7 Å². The summed E-state index contributed by atoms with van der Waals surface area (Å²) in [4.78, 5) is 25.1. The molecule has 1 aromatic rings. The average molecular weight is 436 g/mol. The number of rotatable bonds is 8. The molecule has 0 aliphatic heterocycles. The lowest BCUT2D eigenvalue weighted by atomic mass is 9.84. The van der Waals surface area contributed by atoms with Gasteiger partial charge in [0.05, 0.1) is 0 Å². The van der Waals surface area contributed by atoms with Crippen molar-refractivity contribution >= 4 is 29.9 Å². The third-order valence-corrected chi connectivity index (χ3v) is 6.50. The zero-order chi connectivity index (χ0) is 20.5. The van der Waals surface area contributed by atoms with Crippen LogP contribution in [0.25, 0.3) is 0 Å². The SMILES string of the molecule is CCNCc1ccccc1NC(=O)C1CCC(NC(=O)CC2CCCCC2)CC1.Cl. The third-order valence-electron chi connectivity index (χ3n) is 6.50. The number of hydrogen-bond donors (Lipinski definition) is 3. The molecule has 0 aromatic heterocycles. The van der Waals surface area contributed by atoms with Crippen LogP contribution in [-0.4, -0.2) is 24.4 Å². The second kappa shape index (κ2) is 13.0. The van der Waals surface area contributed by atoms with Gasteiger partial charge in [-0.3, -0.25) is 9.59 Å². The van der Waals surface area contributed by atoms with E-state index in [4.69, 9.17) is 0 Å². The number of benzene rings is 1. The maximum atomic E-state index is 12.8. The van der Waals surface area contributed by atoms with Gasteiger partial charge in [0.25, 0.3) is 0 Å². The predicted octanol–water partition coefficient (Wildman–Crippen LogP) is 4.80. The molecule has 3 rings (SSSR count). The summed E-state index contributed by atoms with van der Waals surface area (Å²) in [7, 11) is 0. The van der Waals surface area contributed by atoms with Gasteiger partial charge in [0.1, 0.15) is 0 Å². The van der Waals surface area contributed by atoms with Crippen LogP contribution in [0, 0.1) is 11.8 Å². The molecular formula is C24H38ClN3O2. The van der Waals surface area contributed by atoms with Crippen LogP contribution in [0.15, 0.2) is 24.3 Å². The van der Waals surface area contributed by atoms with Crippen LogP contribution < -0.4 is 16.0 Å². The van der Waals surface area contributed by atoms with Gasteiger partial charge in [0.2, 0.25) is 11.8 Å². The summed E-state index contributed by atoms with van der Waals surface area (Å²) in [6, 6.07) is 8.22. The van der Waals surface area contributed by atoms with Gasteiger partial charge >= 0.3 is 0 Å². The van der Waals surface area contributed by atoms with Gasteiger partial charge in [0.15, 0.2) is 0 Å². The van der Waals surface area contributed by atoms with E-state index in [2.05, 4.69) is 28.9 Å². The quantitative estimate of drug-likeness (QED) is 0.549. The standard InChI is InChI=1S/C24H37N3O2.ClH/c1-2-25-17-20-10-6-7-11-22(20)27-24(29)19-12-14-21(15-13-19)26-23(28)16-18-8-4-3-5-9-18;/h6-7,10-11,18-19,21,25H,2-5,8-9,12-17H2,1H3,(H,26,28)(H,27,29);1H. The molecule has 0 atom stereocenters. The number of para-hydroxylation sites is 1. The van der Waals surface area contributed by atoms with E-state index in [0.717, 1.165) is 50.0 Å². The van der Waals surface area contributed by atoms with E-state index in [1.165, 1.54) is 32.1 Å². The summed E-state index contributed by atoms with van der Waals surface area (Å²) < 4.78 is 0. The second-order valence-corrected chi connectivity index (χ2v) is 8.75. The second-order valence-electron chi connectivity index (χ2n) is 8.75. The van der Waals surface area contributed by atoms with Crippen molar-refractivity contribution in [1.29, 1.82) is 0 Å². The molecule has 0 heterocycles. The highest BCUT2D eigenvalue weighted by Gasteiger charge is 2.28. The van der Waals surface area contributed by atoms with Gasteiger partial charge in [-0.25, -0.2) is 0 Å². The Balaban J connectivity index is 0.00000320. The van der Waals surface area contributed by atoms with E-state index in [-0.39, 0.29) is 36.2 Å². The highest BCUT2D eigenvalue weighted by molar-refractivity contribution is 5.93. The van der Waals surface area contributed by atoms with Crippen molar-refractivity contribution in [3.05, 3.63) is 29.8 Å². The normalized spacial score (nSPS) is 22.0. The summed E-state index contributed by atoms with van der Waals surface area (Å²) in [5, 5.41) is 9.68. The lowest BCUT2D eigenvalue weighted by Gasteiger charge is -2.29. The number of carbonyl (C=O) groups is 2. The summed E-state index contributed by atoms with van der Waals surface area (Å²) in [6.45, 7) is 3.74. The van der Waals surface area contributed by atoms with Crippen LogP contribution in [0.4, 0.5) is 5.69 Å². The van der Waals surface area contributed by atoms with E-state index in [1.54, 1.807) is 0 Å². The Morgan fingerprint density at radius 1 is 0.967 bits per heavy atom. The van der Waals surface area contributed by atoms with Gasteiger partial charge in [-0.2, -0.15) is 0 Å². The lowest BCUT2D eigenvalue weighted by Crippen LogP contribution is -2.40. The fourth-order valence-electron chi connectivity index (χ4n) is 4.73. The molecular weight excluding hydrogens is 398 g/mol. The fourth-order valence-corrected chi connectivity index (χ4v) is 4.73. The van der Waals surface area contributed by atoms with Crippen molar-refractivity contribution in [2.24, 2.45) is 11.8 Å². The average Bonchev–Trinajstić information content (AvgIpc) is 2.74. The maximum Gasteiger partial charge on any atom is 0.227 e. The lowest BCUT2D eigenvalue weighted by molar-refractivity contribution is -0.123. The molecule has 0 spiro atoms. The molecule has 0 radical (unpaired) electrons. The van der Waals surface area contributed by atoms with Crippen molar-refractivity contribution in [1.82, 2.24) is 10.6 Å². The maximum absolute atomic E-state index is 12.8. The largest absolute Gasteiger partial charge is 0.353 e. The molecule has 5 nitrogen and oxygen atoms in total. The zero-order valence-corrected chi connectivity index (χ0v) is 19.1. The number of hydrogen-bond acceptors (Lipinski definition) is 3. The Bertz CT molecular complexity index is 668. The molecule has 1 aromatic carbocycles. The van der Waals surface area contributed by atoms with Crippen LogP contribution in [-0.2, 0) is 16.1 Å². The molecule has 0 saturated heterocycles. The van der Waals surface area contributed by atoms with E-state index in [0.29, 0.717) is 12.3 Å². The molecule has 0 bridgehead atoms. The third kappa shape index (κ3) is 7.59. The molecule has 2 saturated carbocycles. The summed E-state index contributed by atoms with van der Waals surface area (Å²) >= 11 is 0. The van der Waals surface area contributed by atoms with E-state index in [9.17, 15) is 9.59 Å². The number of halogens is 1. The smallest absolute Gasteiger partial charge is 0.227 e. The highest BCUT2D eigenvalue weighted by atomic mass is 35.5. The van der Waals surface area contributed by atoms with Crippen molar-refractivity contribution in [2.75, 3.05) is 11.9 Å². The Kier molecular flexibility index (Phi) is 10.7. The molecule has 3 N–H and O–H groups in total. The molecule has 2 aliphatic carbocycles. The first-order valence-corrected chi connectivity index (χ1v) is 11.5. The Hall–Kier alpha value is -1.59. The number of nitrogens with one attached hydrogen (secondary N) is 3. The van der Waals surface area contributed by atoms with Crippen LogP contribution >= 0.6 is 12.4 Å². The van der Waals surface area contributed by atoms with Crippen LogP contribution in [0.5, 0.6) is 0 Å². The van der Waals surface area contributed by atoms with Gasteiger partial charge < -0.3 is 16.0 Å². The molecule has 168 valence electrons.